The lowest BCUT2D eigenvalue weighted by Gasteiger charge is -2.23. The first-order valence-corrected chi connectivity index (χ1v) is 6.56. The molecule has 3 aromatic rings. The Morgan fingerprint density at radius 1 is 1.14 bits per heavy atom. The molecular formula is C13H14FN7. The summed E-state index contributed by atoms with van der Waals surface area (Å²) in [5.74, 6) is 0.399. The topological polar surface area (TPSA) is 85.2 Å². The molecule has 1 aromatic carbocycles. The van der Waals surface area contributed by atoms with Crippen LogP contribution >= 0.6 is 0 Å². The number of anilines is 2. The van der Waals surface area contributed by atoms with Crippen LogP contribution in [-0.2, 0) is 0 Å². The summed E-state index contributed by atoms with van der Waals surface area (Å²) < 4.78 is 14.4. The third-order valence-electron chi connectivity index (χ3n) is 3.06. The van der Waals surface area contributed by atoms with Gasteiger partial charge in [-0.1, -0.05) is 0 Å². The van der Waals surface area contributed by atoms with Crippen LogP contribution in [0.25, 0.3) is 5.65 Å². The number of fused-ring (bicyclic) bond motifs is 1. The number of nitrogens with two attached hydrogens (primary N) is 1. The Balaban J connectivity index is 1.99. The van der Waals surface area contributed by atoms with Gasteiger partial charge in [0.05, 0.1) is 0 Å². The number of rotatable bonds is 5. The second-order valence-corrected chi connectivity index (χ2v) is 4.49. The van der Waals surface area contributed by atoms with Crippen LogP contribution in [0.4, 0.5) is 15.9 Å². The van der Waals surface area contributed by atoms with Gasteiger partial charge >= 0.3 is 0 Å². The zero-order valence-electron chi connectivity index (χ0n) is 11.2. The summed E-state index contributed by atoms with van der Waals surface area (Å²) >= 11 is 0. The first-order chi connectivity index (χ1) is 10.3. The maximum atomic E-state index is 13.1. The summed E-state index contributed by atoms with van der Waals surface area (Å²) in [6.07, 6.45) is 0.784. The Bertz CT molecular complexity index is 725. The second kappa shape index (κ2) is 5.80. The van der Waals surface area contributed by atoms with Gasteiger partial charge in [-0.05, 0) is 59.8 Å². The highest BCUT2D eigenvalue weighted by atomic mass is 19.1. The lowest BCUT2D eigenvalue weighted by molar-refractivity contribution is 0.627. The number of hydrogen-bond donors (Lipinski definition) is 1. The van der Waals surface area contributed by atoms with Crippen molar-refractivity contribution in [2.75, 3.05) is 18.0 Å². The summed E-state index contributed by atoms with van der Waals surface area (Å²) in [6.45, 7) is 1.23. The van der Waals surface area contributed by atoms with E-state index in [0.29, 0.717) is 24.6 Å². The summed E-state index contributed by atoms with van der Waals surface area (Å²) in [6, 6.07) is 9.85. The van der Waals surface area contributed by atoms with Gasteiger partial charge in [0, 0.05) is 12.2 Å². The first-order valence-electron chi connectivity index (χ1n) is 6.56. The van der Waals surface area contributed by atoms with Crippen molar-refractivity contribution in [3.63, 3.8) is 0 Å². The van der Waals surface area contributed by atoms with Crippen LogP contribution in [0, 0.1) is 5.82 Å². The van der Waals surface area contributed by atoms with E-state index in [1.165, 1.54) is 16.8 Å². The van der Waals surface area contributed by atoms with Crippen LogP contribution in [0.15, 0.2) is 36.4 Å². The van der Waals surface area contributed by atoms with Gasteiger partial charge in [0.2, 0.25) is 0 Å². The number of tetrazole rings is 1. The number of halogens is 1. The molecule has 0 amide bonds. The van der Waals surface area contributed by atoms with Crippen LogP contribution < -0.4 is 10.6 Å². The molecule has 108 valence electrons. The van der Waals surface area contributed by atoms with Gasteiger partial charge in [-0.2, -0.15) is 0 Å². The van der Waals surface area contributed by atoms with Crippen molar-refractivity contribution >= 4 is 17.2 Å². The van der Waals surface area contributed by atoms with Crippen LogP contribution in [-0.4, -0.2) is 38.3 Å². The van der Waals surface area contributed by atoms with Crippen molar-refractivity contribution in [2.24, 2.45) is 5.73 Å². The Kier molecular flexibility index (Phi) is 3.69. The number of hydrogen-bond acceptors (Lipinski definition) is 6. The molecule has 0 aliphatic heterocycles. The van der Waals surface area contributed by atoms with E-state index in [2.05, 4.69) is 20.6 Å². The molecule has 8 heteroatoms. The first kappa shape index (κ1) is 13.4. The van der Waals surface area contributed by atoms with E-state index in [0.717, 1.165) is 12.1 Å². The number of benzene rings is 1. The SMILES string of the molecule is NCCCN(c1ccc(F)cc1)c1ccc2nnnn2n1. The maximum absolute atomic E-state index is 13.1. The number of aromatic nitrogens is 5. The normalized spacial score (nSPS) is 11.0. The van der Waals surface area contributed by atoms with E-state index in [1.54, 1.807) is 18.2 Å². The van der Waals surface area contributed by atoms with Crippen molar-refractivity contribution in [1.82, 2.24) is 25.3 Å². The fraction of sp³-hybridized carbons (Fsp3) is 0.231. The van der Waals surface area contributed by atoms with Gasteiger partial charge in [0.1, 0.15) is 5.82 Å². The van der Waals surface area contributed by atoms with E-state index in [9.17, 15) is 4.39 Å². The highest BCUT2D eigenvalue weighted by molar-refractivity contribution is 5.60. The van der Waals surface area contributed by atoms with Crippen molar-refractivity contribution in [3.05, 3.63) is 42.2 Å². The molecule has 0 aliphatic carbocycles. The van der Waals surface area contributed by atoms with E-state index in [4.69, 9.17) is 5.73 Å². The molecule has 2 aromatic heterocycles. The molecule has 0 atom stereocenters. The molecule has 0 saturated carbocycles. The Hall–Kier alpha value is -2.61. The van der Waals surface area contributed by atoms with Crippen LogP contribution in [0.5, 0.6) is 0 Å². The lowest BCUT2D eigenvalue weighted by atomic mass is 10.2. The Labute approximate surface area is 120 Å². The summed E-state index contributed by atoms with van der Waals surface area (Å²) in [5, 5.41) is 15.5. The standard InChI is InChI=1S/C13H14FN7/c14-10-2-4-11(5-3-10)20(9-1-8-15)13-7-6-12-16-18-19-21(12)17-13/h2-7H,1,8-9,15H2. The van der Waals surface area contributed by atoms with Crippen LogP contribution in [0.3, 0.4) is 0 Å². The van der Waals surface area contributed by atoms with Gasteiger partial charge in [0.25, 0.3) is 0 Å². The minimum absolute atomic E-state index is 0.276. The van der Waals surface area contributed by atoms with Crippen LogP contribution in [0.2, 0.25) is 0 Å². The molecule has 7 nitrogen and oxygen atoms in total. The van der Waals surface area contributed by atoms with Crippen molar-refractivity contribution in [2.45, 2.75) is 6.42 Å². The highest BCUT2D eigenvalue weighted by Gasteiger charge is 2.12. The molecule has 0 aliphatic rings. The largest absolute Gasteiger partial charge is 0.330 e. The molecule has 21 heavy (non-hydrogen) atoms. The van der Waals surface area contributed by atoms with Gasteiger partial charge < -0.3 is 10.6 Å². The van der Waals surface area contributed by atoms with Crippen molar-refractivity contribution in [1.29, 1.82) is 0 Å². The predicted molar refractivity (Wildman–Crippen MR) is 75.7 cm³/mol. The van der Waals surface area contributed by atoms with Crippen molar-refractivity contribution in [3.8, 4) is 0 Å². The van der Waals surface area contributed by atoms with Gasteiger partial charge in [-0.25, -0.2) is 4.39 Å². The third kappa shape index (κ3) is 2.79. The maximum Gasteiger partial charge on any atom is 0.200 e. The summed E-state index contributed by atoms with van der Waals surface area (Å²) in [4.78, 5) is 1.95. The zero-order chi connectivity index (χ0) is 14.7. The Morgan fingerprint density at radius 2 is 1.95 bits per heavy atom. The molecule has 3 rings (SSSR count). The van der Waals surface area contributed by atoms with Crippen molar-refractivity contribution < 1.29 is 4.39 Å². The molecule has 0 unspecified atom stereocenters. The molecule has 2 N–H and O–H groups in total. The summed E-state index contributed by atoms with van der Waals surface area (Å²) in [5.41, 5.74) is 6.99. The van der Waals surface area contributed by atoms with Gasteiger partial charge in [-0.3, -0.25) is 0 Å². The fourth-order valence-corrected chi connectivity index (χ4v) is 2.03. The molecule has 0 spiro atoms. The minimum atomic E-state index is -0.276. The zero-order valence-corrected chi connectivity index (χ0v) is 11.2. The highest BCUT2D eigenvalue weighted by Crippen LogP contribution is 2.23. The second-order valence-electron chi connectivity index (χ2n) is 4.49. The minimum Gasteiger partial charge on any atom is -0.330 e. The average Bonchev–Trinajstić information content (AvgIpc) is 2.97. The molecular weight excluding hydrogens is 273 g/mol. The fourth-order valence-electron chi connectivity index (χ4n) is 2.03. The van der Waals surface area contributed by atoms with E-state index >= 15 is 0 Å². The summed E-state index contributed by atoms with van der Waals surface area (Å²) in [7, 11) is 0. The monoisotopic (exact) mass is 287 g/mol. The van der Waals surface area contributed by atoms with Gasteiger partial charge in [0.15, 0.2) is 11.5 Å². The smallest absolute Gasteiger partial charge is 0.200 e. The molecule has 2 heterocycles. The molecule has 0 bridgehead atoms. The average molecular weight is 287 g/mol. The number of nitrogens with zero attached hydrogens (tertiary/aromatic N) is 6. The van der Waals surface area contributed by atoms with E-state index in [-0.39, 0.29) is 5.82 Å². The lowest BCUT2D eigenvalue weighted by Crippen LogP contribution is -2.22. The molecule has 0 saturated heterocycles. The molecule has 0 radical (unpaired) electrons. The molecule has 0 fully saturated rings. The Morgan fingerprint density at radius 3 is 2.71 bits per heavy atom. The third-order valence-corrected chi connectivity index (χ3v) is 3.06. The van der Waals surface area contributed by atoms with E-state index in [1.807, 2.05) is 11.0 Å². The predicted octanol–water partition coefficient (Wildman–Crippen LogP) is 1.15. The van der Waals surface area contributed by atoms with Crippen LogP contribution in [0.1, 0.15) is 6.42 Å². The van der Waals surface area contributed by atoms with E-state index < -0.39 is 0 Å². The quantitative estimate of drug-likeness (QED) is 0.757. The van der Waals surface area contributed by atoms with Gasteiger partial charge in [-0.15, -0.1) is 14.8 Å².